The zero-order valence-corrected chi connectivity index (χ0v) is 23.4. The maximum Gasteiger partial charge on any atom is 0.165 e. The zero-order valence-electron chi connectivity index (χ0n) is 23.4. The number of hydrogen-bond acceptors (Lipinski definition) is 2. The summed E-state index contributed by atoms with van der Waals surface area (Å²) >= 11 is 0. The van der Waals surface area contributed by atoms with Crippen LogP contribution in [0.3, 0.4) is 0 Å². The van der Waals surface area contributed by atoms with Gasteiger partial charge in [-0.15, -0.1) is 0 Å². The number of hydrogen-bond donors (Lipinski definition) is 0. The van der Waals surface area contributed by atoms with Gasteiger partial charge >= 0.3 is 0 Å². The molecule has 0 spiro atoms. The van der Waals surface area contributed by atoms with Crippen molar-refractivity contribution in [2.45, 2.75) is 113 Å². The number of carbonyl (C=O) groups excluding carboxylic acids is 2. The van der Waals surface area contributed by atoms with Gasteiger partial charge < -0.3 is 0 Å². The topological polar surface area (TPSA) is 34.1 Å². The van der Waals surface area contributed by atoms with Gasteiger partial charge in [-0.2, -0.15) is 0 Å². The molecule has 0 aromatic heterocycles. The largest absolute Gasteiger partial charge is 0.295 e. The fourth-order valence-corrected chi connectivity index (χ4v) is 11.0. The molecule has 2 heteroatoms. The third-order valence-corrected chi connectivity index (χ3v) is 13.2. The van der Waals surface area contributed by atoms with E-state index in [1.54, 1.807) is 0 Å². The van der Waals surface area contributed by atoms with Crippen molar-refractivity contribution in [2.75, 3.05) is 0 Å². The smallest absolute Gasteiger partial charge is 0.165 e. The Morgan fingerprint density at radius 1 is 0.886 bits per heavy atom. The number of rotatable bonds is 2. The molecule has 0 N–H and O–H groups in total. The van der Waals surface area contributed by atoms with Crippen molar-refractivity contribution >= 4 is 11.6 Å². The Morgan fingerprint density at radius 2 is 1.57 bits per heavy atom. The number of carbonyl (C=O) groups is 2. The minimum absolute atomic E-state index is 0.0235. The van der Waals surface area contributed by atoms with Gasteiger partial charge in [0.25, 0.3) is 0 Å². The highest BCUT2D eigenvalue weighted by molar-refractivity contribution is 6.07. The number of fused-ring (bicyclic) bond motifs is 7. The van der Waals surface area contributed by atoms with Crippen LogP contribution >= 0.6 is 0 Å². The summed E-state index contributed by atoms with van der Waals surface area (Å²) in [6.07, 6.45) is 17.4. The Labute approximate surface area is 213 Å². The van der Waals surface area contributed by atoms with Gasteiger partial charge in [-0.1, -0.05) is 66.5 Å². The molecule has 7 atom stereocenters. The van der Waals surface area contributed by atoms with Crippen LogP contribution in [0.4, 0.5) is 0 Å². The second-order valence-electron chi connectivity index (χ2n) is 15.8. The van der Waals surface area contributed by atoms with Gasteiger partial charge in [0.15, 0.2) is 11.6 Å². The Kier molecular flexibility index (Phi) is 4.85. The SMILES string of the molecule is CC1(C)CC[C@]2(C(=O)C3=C[CH]3)CC[C@]3(C)[C@H](C(=O)C=C4[C@@]5(C)CCCC(C)(C)C5CC[C@]43C)[C@@H]2C1. The molecular weight excluding hydrogens is 428 g/mol. The molecule has 35 heavy (non-hydrogen) atoms. The average Bonchev–Trinajstić information content (AvgIpc) is 3.59. The summed E-state index contributed by atoms with van der Waals surface area (Å²) in [5.41, 5.74) is 2.74. The van der Waals surface area contributed by atoms with Gasteiger partial charge in [0.05, 0.1) is 0 Å². The molecular formula is C33H47O2. The molecule has 191 valence electrons. The van der Waals surface area contributed by atoms with Crippen molar-refractivity contribution in [1.29, 1.82) is 0 Å². The van der Waals surface area contributed by atoms with Crippen molar-refractivity contribution < 1.29 is 9.59 Å². The Balaban J connectivity index is 1.49. The first-order chi connectivity index (χ1) is 16.2. The maximum atomic E-state index is 14.4. The van der Waals surface area contributed by atoms with E-state index in [9.17, 15) is 9.59 Å². The predicted octanol–water partition coefficient (Wildman–Crippen LogP) is 8.07. The fraction of sp³-hybridized carbons (Fsp3) is 0.788. The van der Waals surface area contributed by atoms with Crippen LogP contribution in [0.5, 0.6) is 0 Å². The maximum absolute atomic E-state index is 14.4. The zero-order chi connectivity index (χ0) is 25.2. The van der Waals surface area contributed by atoms with E-state index in [2.05, 4.69) is 54.5 Å². The second-order valence-corrected chi connectivity index (χ2v) is 15.8. The molecule has 6 rings (SSSR count). The molecule has 0 aliphatic heterocycles. The minimum Gasteiger partial charge on any atom is -0.295 e. The normalized spacial score (nSPS) is 49.5. The van der Waals surface area contributed by atoms with Crippen molar-refractivity contribution in [2.24, 2.45) is 50.2 Å². The number of Topliss-reactive ketones (excluding diaryl/α,β-unsaturated/α-hetero) is 1. The third-order valence-electron chi connectivity index (χ3n) is 13.2. The van der Waals surface area contributed by atoms with E-state index in [0.29, 0.717) is 22.9 Å². The molecule has 0 heterocycles. The molecule has 0 bridgehead atoms. The molecule has 6 aliphatic rings. The van der Waals surface area contributed by atoms with E-state index >= 15 is 0 Å². The standard InChI is InChI=1S/C33H47O2/c1-28(2)15-17-33(27(35)21-9-10-21)18-16-32(7)26(22(33)20-28)23(34)19-25-30(5)13-8-12-29(3,4)24(30)11-14-31(25,32)6/h9-10,19,22,24,26H,8,11-18,20H2,1-7H3/t22-,24?,26-,30-,31+,32+,33-/m0/s1. The summed E-state index contributed by atoms with van der Waals surface area (Å²) in [5, 5.41) is 0. The van der Waals surface area contributed by atoms with Crippen LogP contribution in [0.25, 0.3) is 0 Å². The molecule has 0 aromatic rings. The van der Waals surface area contributed by atoms with Crippen LogP contribution < -0.4 is 0 Å². The monoisotopic (exact) mass is 475 g/mol. The summed E-state index contributed by atoms with van der Waals surface area (Å²) in [4.78, 5) is 28.3. The summed E-state index contributed by atoms with van der Waals surface area (Å²) < 4.78 is 0. The first-order valence-corrected chi connectivity index (χ1v) is 14.6. The highest BCUT2D eigenvalue weighted by Gasteiger charge is 2.70. The van der Waals surface area contributed by atoms with E-state index in [1.165, 1.54) is 37.7 Å². The van der Waals surface area contributed by atoms with E-state index in [1.807, 2.05) is 12.5 Å². The van der Waals surface area contributed by atoms with Crippen LogP contribution in [0, 0.1) is 56.7 Å². The minimum atomic E-state index is -0.330. The summed E-state index contributed by atoms with van der Waals surface area (Å²) in [5.74, 6) is 1.52. The Hall–Kier alpha value is -1.18. The molecule has 0 amide bonds. The molecule has 0 aromatic carbocycles. The summed E-state index contributed by atoms with van der Waals surface area (Å²) in [7, 11) is 0. The molecule has 2 nitrogen and oxygen atoms in total. The predicted molar refractivity (Wildman–Crippen MR) is 141 cm³/mol. The highest BCUT2D eigenvalue weighted by atomic mass is 16.1. The van der Waals surface area contributed by atoms with E-state index in [0.717, 1.165) is 37.7 Å². The summed E-state index contributed by atoms with van der Waals surface area (Å²) in [6, 6.07) is 0. The fourth-order valence-electron chi connectivity index (χ4n) is 11.0. The first-order valence-electron chi connectivity index (χ1n) is 14.6. The van der Waals surface area contributed by atoms with Gasteiger partial charge in [-0.3, -0.25) is 9.59 Å². The van der Waals surface area contributed by atoms with E-state index < -0.39 is 0 Å². The molecule has 4 fully saturated rings. The molecule has 0 saturated heterocycles. The summed E-state index contributed by atoms with van der Waals surface area (Å²) in [6.45, 7) is 17.2. The van der Waals surface area contributed by atoms with Crippen molar-refractivity contribution in [1.82, 2.24) is 0 Å². The van der Waals surface area contributed by atoms with Crippen LogP contribution in [0.15, 0.2) is 23.3 Å². The van der Waals surface area contributed by atoms with E-state index in [4.69, 9.17) is 0 Å². The lowest BCUT2D eigenvalue weighted by atomic mass is 9.33. The van der Waals surface area contributed by atoms with Gasteiger partial charge in [0, 0.05) is 23.3 Å². The van der Waals surface area contributed by atoms with Crippen LogP contribution in [-0.4, -0.2) is 11.6 Å². The van der Waals surface area contributed by atoms with Gasteiger partial charge in [-0.05, 0) is 103 Å². The van der Waals surface area contributed by atoms with Crippen LogP contribution in [-0.2, 0) is 9.59 Å². The van der Waals surface area contributed by atoms with Crippen molar-refractivity contribution in [3.63, 3.8) is 0 Å². The van der Waals surface area contributed by atoms with Crippen LogP contribution in [0.2, 0.25) is 0 Å². The van der Waals surface area contributed by atoms with Crippen molar-refractivity contribution in [3.05, 3.63) is 29.7 Å². The molecule has 1 unspecified atom stereocenters. The molecule has 6 aliphatic carbocycles. The first kappa shape index (κ1) is 24.2. The van der Waals surface area contributed by atoms with Crippen LogP contribution in [0.1, 0.15) is 113 Å². The second kappa shape index (κ2) is 7.02. The van der Waals surface area contributed by atoms with Gasteiger partial charge in [0.1, 0.15) is 0 Å². The molecule has 4 saturated carbocycles. The lowest BCUT2D eigenvalue weighted by Gasteiger charge is -2.69. The number of ketones is 2. The van der Waals surface area contributed by atoms with Gasteiger partial charge in [-0.25, -0.2) is 0 Å². The quantitative estimate of drug-likeness (QED) is 0.404. The average molecular weight is 476 g/mol. The van der Waals surface area contributed by atoms with Crippen molar-refractivity contribution in [3.8, 4) is 0 Å². The third kappa shape index (κ3) is 3.01. The Morgan fingerprint density at radius 3 is 2.26 bits per heavy atom. The molecule has 1 radical (unpaired) electrons. The lowest BCUT2D eigenvalue weighted by molar-refractivity contribution is -0.177. The van der Waals surface area contributed by atoms with E-state index in [-0.39, 0.29) is 38.9 Å². The number of allylic oxidation sites excluding steroid dienone is 4. The Bertz CT molecular complexity index is 1060. The lowest BCUT2D eigenvalue weighted by Crippen LogP contribution is -2.65. The van der Waals surface area contributed by atoms with Gasteiger partial charge in [0.2, 0.25) is 0 Å². The highest BCUT2D eigenvalue weighted by Crippen LogP contribution is 2.75.